The van der Waals surface area contributed by atoms with Crippen LogP contribution in [0.1, 0.15) is 30.6 Å². The molecule has 1 unspecified atom stereocenters. The number of aliphatic hydroxyl groups is 1. The predicted molar refractivity (Wildman–Crippen MR) is 64.5 cm³/mol. The highest BCUT2D eigenvalue weighted by Crippen LogP contribution is 2.37. The molecule has 2 atom stereocenters. The Morgan fingerprint density at radius 3 is 3.07 bits per heavy atom. The number of halogens is 1. The molecule has 0 saturated heterocycles. The molecule has 0 saturated carbocycles. The van der Waals surface area contributed by atoms with Crippen LogP contribution in [0.3, 0.4) is 0 Å². The molecule has 1 nitrogen and oxygen atoms in total. The van der Waals surface area contributed by atoms with Crippen LogP contribution >= 0.6 is 27.7 Å². The van der Waals surface area contributed by atoms with Gasteiger partial charge in [0.05, 0.1) is 6.10 Å². The number of thioether (sulfide) groups is 1. The van der Waals surface area contributed by atoms with E-state index in [1.54, 1.807) is 0 Å². The van der Waals surface area contributed by atoms with Gasteiger partial charge in [-0.05, 0) is 23.6 Å². The summed E-state index contributed by atoms with van der Waals surface area (Å²) in [5.41, 5.74) is 2.35. The average Bonchev–Trinajstić information content (AvgIpc) is 2.28. The molecule has 76 valence electrons. The molecule has 0 bridgehead atoms. The zero-order valence-electron chi connectivity index (χ0n) is 8.03. The third-order valence-electron chi connectivity index (χ3n) is 2.58. The van der Waals surface area contributed by atoms with Crippen molar-refractivity contribution in [2.45, 2.75) is 30.5 Å². The van der Waals surface area contributed by atoms with Crippen LogP contribution in [0.2, 0.25) is 0 Å². The van der Waals surface area contributed by atoms with Crippen molar-refractivity contribution in [3.8, 4) is 0 Å². The molecule has 2 rings (SSSR count). The van der Waals surface area contributed by atoms with E-state index in [0.717, 1.165) is 22.2 Å². The SMILES string of the molecule is CC1C[C@@H](O)c2cccc(Br)c2CS1. The molecule has 0 aliphatic carbocycles. The summed E-state index contributed by atoms with van der Waals surface area (Å²) in [5.74, 6) is 0.995. The summed E-state index contributed by atoms with van der Waals surface area (Å²) in [5, 5.41) is 10.5. The minimum absolute atomic E-state index is 0.299. The van der Waals surface area contributed by atoms with Crippen LogP contribution in [0.5, 0.6) is 0 Å². The Morgan fingerprint density at radius 2 is 2.29 bits per heavy atom. The second kappa shape index (κ2) is 4.25. The maximum atomic E-state index is 10.0. The van der Waals surface area contributed by atoms with E-state index in [4.69, 9.17) is 0 Å². The quantitative estimate of drug-likeness (QED) is 0.780. The van der Waals surface area contributed by atoms with E-state index in [1.807, 2.05) is 30.0 Å². The largest absolute Gasteiger partial charge is 0.388 e. The van der Waals surface area contributed by atoms with Crippen molar-refractivity contribution in [2.75, 3.05) is 0 Å². The number of rotatable bonds is 0. The summed E-state index contributed by atoms with van der Waals surface area (Å²) >= 11 is 5.45. The van der Waals surface area contributed by atoms with E-state index in [9.17, 15) is 5.11 Å². The first kappa shape index (κ1) is 10.5. The Labute approximate surface area is 97.0 Å². The Morgan fingerprint density at radius 1 is 1.50 bits per heavy atom. The molecular formula is C11H13BrOS. The normalized spacial score (nSPS) is 26.8. The van der Waals surface area contributed by atoms with Crippen LogP contribution in [0.15, 0.2) is 22.7 Å². The maximum absolute atomic E-state index is 10.0. The van der Waals surface area contributed by atoms with Gasteiger partial charge < -0.3 is 5.11 Å². The van der Waals surface area contributed by atoms with Crippen LogP contribution in [0.4, 0.5) is 0 Å². The summed E-state index contributed by atoms with van der Waals surface area (Å²) < 4.78 is 1.12. The van der Waals surface area contributed by atoms with Gasteiger partial charge in [-0.25, -0.2) is 0 Å². The Hall–Kier alpha value is 0.01000. The number of benzene rings is 1. The molecule has 0 aromatic heterocycles. The number of fused-ring (bicyclic) bond motifs is 1. The second-order valence-electron chi connectivity index (χ2n) is 3.68. The molecule has 1 aliphatic heterocycles. The molecule has 1 aromatic carbocycles. The second-order valence-corrected chi connectivity index (χ2v) is 5.96. The smallest absolute Gasteiger partial charge is 0.0803 e. The van der Waals surface area contributed by atoms with Crippen molar-refractivity contribution in [2.24, 2.45) is 0 Å². The molecule has 1 aromatic rings. The van der Waals surface area contributed by atoms with Gasteiger partial charge in [-0.3, -0.25) is 0 Å². The summed E-state index contributed by atoms with van der Waals surface area (Å²) in [7, 11) is 0. The van der Waals surface area contributed by atoms with Crippen LogP contribution in [-0.2, 0) is 5.75 Å². The Kier molecular flexibility index (Phi) is 3.20. The fraction of sp³-hybridized carbons (Fsp3) is 0.455. The van der Waals surface area contributed by atoms with Crippen molar-refractivity contribution in [1.29, 1.82) is 0 Å². The molecule has 0 fully saturated rings. The average molecular weight is 273 g/mol. The van der Waals surface area contributed by atoms with Gasteiger partial charge in [0.25, 0.3) is 0 Å². The van der Waals surface area contributed by atoms with Crippen molar-refractivity contribution in [1.82, 2.24) is 0 Å². The summed E-state index contributed by atoms with van der Waals surface area (Å²) in [6.07, 6.45) is 0.557. The van der Waals surface area contributed by atoms with Crippen molar-refractivity contribution in [3.05, 3.63) is 33.8 Å². The van der Waals surface area contributed by atoms with Crippen LogP contribution in [0.25, 0.3) is 0 Å². The highest BCUT2D eigenvalue weighted by molar-refractivity contribution is 9.10. The molecule has 1 N–H and O–H groups in total. The van der Waals surface area contributed by atoms with E-state index in [2.05, 4.69) is 22.9 Å². The fourth-order valence-corrected chi connectivity index (χ4v) is 3.57. The van der Waals surface area contributed by atoms with E-state index in [0.29, 0.717) is 5.25 Å². The summed E-state index contributed by atoms with van der Waals surface area (Å²) in [4.78, 5) is 0. The molecule has 14 heavy (non-hydrogen) atoms. The van der Waals surface area contributed by atoms with Crippen LogP contribution < -0.4 is 0 Å². The number of hydrogen-bond donors (Lipinski definition) is 1. The maximum Gasteiger partial charge on any atom is 0.0803 e. The first-order valence-electron chi connectivity index (χ1n) is 4.75. The lowest BCUT2D eigenvalue weighted by molar-refractivity contribution is 0.168. The topological polar surface area (TPSA) is 20.2 Å². The fourth-order valence-electron chi connectivity index (χ4n) is 1.77. The van der Waals surface area contributed by atoms with Crippen LogP contribution in [0, 0.1) is 0 Å². The highest BCUT2D eigenvalue weighted by Gasteiger charge is 2.21. The van der Waals surface area contributed by atoms with E-state index in [-0.39, 0.29) is 6.10 Å². The van der Waals surface area contributed by atoms with Crippen molar-refractivity contribution < 1.29 is 5.11 Å². The van der Waals surface area contributed by atoms with Gasteiger partial charge in [0, 0.05) is 15.5 Å². The van der Waals surface area contributed by atoms with Gasteiger partial charge in [-0.15, -0.1) is 0 Å². The summed E-state index contributed by atoms with van der Waals surface area (Å²) in [6.45, 7) is 2.17. The molecule has 3 heteroatoms. The third kappa shape index (κ3) is 2.00. The zero-order valence-corrected chi connectivity index (χ0v) is 10.4. The number of hydrogen-bond acceptors (Lipinski definition) is 2. The molecule has 0 spiro atoms. The summed E-state index contributed by atoms with van der Waals surface area (Å²) in [6, 6.07) is 6.07. The molecule has 0 radical (unpaired) electrons. The highest BCUT2D eigenvalue weighted by atomic mass is 79.9. The lowest BCUT2D eigenvalue weighted by Gasteiger charge is -2.12. The Balaban J connectivity index is 2.43. The lowest BCUT2D eigenvalue weighted by Crippen LogP contribution is -2.03. The van der Waals surface area contributed by atoms with Gasteiger partial charge >= 0.3 is 0 Å². The standard InChI is InChI=1S/C11H13BrOS/c1-7-5-11(13)8-3-2-4-10(12)9(8)6-14-7/h2-4,7,11,13H,5-6H2,1H3/t7?,11-/m1/s1. The first-order chi connectivity index (χ1) is 6.68. The van der Waals surface area contributed by atoms with Crippen molar-refractivity contribution >= 4 is 27.7 Å². The third-order valence-corrected chi connectivity index (χ3v) is 4.54. The minimum Gasteiger partial charge on any atom is -0.388 e. The monoisotopic (exact) mass is 272 g/mol. The first-order valence-corrected chi connectivity index (χ1v) is 6.59. The Bertz CT molecular complexity index is 340. The van der Waals surface area contributed by atoms with Crippen LogP contribution in [-0.4, -0.2) is 10.4 Å². The van der Waals surface area contributed by atoms with Gasteiger partial charge in [-0.1, -0.05) is 35.0 Å². The van der Waals surface area contributed by atoms with Gasteiger partial charge in [0.2, 0.25) is 0 Å². The van der Waals surface area contributed by atoms with E-state index in [1.165, 1.54) is 5.56 Å². The minimum atomic E-state index is -0.299. The van der Waals surface area contributed by atoms with E-state index < -0.39 is 0 Å². The van der Waals surface area contributed by atoms with Gasteiger partial charge in [0.15, 0.2) is 0 Å². The van der Waals surface area contributed by atoms with Crippen molar-refractivity contribution in [3.63, 3.8) is 0 Å². The molecule has 1 aliphatic rings. The molecule has 1 heterocycles. The van der Waals surface area contributed by atoms with Gasteiger partial charge in [-0.2, -0.15) is 11.8 Å². The zero-order chi connectivity index (χ0) is 10.1. The van der Waals surface area contributed by atoms with E-state index >= 15 is 0 Å². The number of aliphatic hydroxyl groups excluding tert-OH is 1. The lowest BCUT2D eigenvalue weighted by atomic mass is 10.0. The predicted octanol–water partition coefficient (Wildman–Crippen LogP) is 3.51. The van der Waals surface area contributed by atoms with Gasteiger partial charge in [0.1, 0.15) is 0 Å². The molecule has 0 amide bonds. The molecular weight excluding hydrogens is 260 g/mol.